The third kappa shape index (κ3) is 7.28. The number of hydrogen-bond donors (Lipinski definition) is 0. The van der Waals surface area contributed by atoms with Gasteiger partial charge < -0.3 is 19.1 Å². The molecule has 2 atom stereocenters. The smallest absolute Gasteiger partial charge is 0.409 e. The first-order valence-corrected chi connectivity index (χ1v) is 10.5. The number of esters is 1. The van der Waals surface area contributed by atoms with Crippen molar-refractivity contribution in [1.82, 2.24) is 9.88 Å². The van der Waals surface area contributed by atoms with Gasteiger partial charge in [0.25, 0.3) is 0 Å². The van der Waals surface area contributed by atoms with Crippen LogP contribution in [0.25, 0.3) is 0 Å². The molecule has 0 N–H and O–H groups in total. The summed E-state index contributed by atoms with van der Waals surface area (Å²) in [5.74, 6) is -2.05. The van der Waals surface area contributed by atoms with Gasteiger partial charge in [-0.3, -0.25) is 0 Å². The largest absolute Gasteiger partial charge is 0.458 e. The summed E-state index contributed by atoms with van der Waals surface area (Å²) in [6.45, 7) is 7.16. The maximum Gasteiger partial charge on any atom is 0.409 e. The Bertz CT molecular complexity index is 790. The summed E-state index contributed by atoms with van der Waals surface area (Å²) < 4.78 is 45.1. The minimum absolute atomic E-state index is 0.0659. The second kappa shape index (κ2) is 10.5. The van der Waals surface area contributed by atoms with Gasteiger partial charge in [0, 0.05) is 43.6 Å². The average molecular weight is 463 g/mol. The zero-order valence-corrected chi connectivity index (χ0v) is 19.0. The average Bonchev–Trinajstić information content (AvgIpc) is 2.67. The number of ether oxygens (including phenoxy) is 3. The lowest BCUT2D eigenvalue weighted by atomic mass is 9.79. The predicted octanol–water partition coefficient (Wildman–Crippen LogP) is 4.27. The molecule has 2 heterocycles. The minimum atomic E-state index is -1.98. The highest BCUT2D eigenvalue weighted by Gasteiger charge is 2.46. The van der Waals surface area contributed by atoms with Crippen LogP contribution >= 0.6 is 11.6 Å². The number of halogens is 3. The third-order valence-corrected chi connectivity index (χ3v) is 5.04. The van der Waals surface area contributed by atoms with E-state index in [1.165, 1.54) is 11.0 Å². The number of carbonyl (C=O) groups excluding carboxylic acids is 2. The van der Waals surface area contributed by atoms with Gasteiger partial charge in [-0.1, -0.05) is 18.5 Å². The molecule has 0 spiro atoms. The van der Waals surface area contributed by atoms with Crippen molar-refractivity contribution in [2.75, 3.05) is 32.9 Å². The fraction of sp³-hybridized carbons (Fsp3) is 0.667. The molecule has 1 saturated heterocycles. The van der Waals surface area contributed by atoms with Crippen LogP contribution in [0.15, 0.2) is 12.3 Å². The van der Waals surface area contributed by atoms with Crippen LogP contribution < -0.4 is 0 Å². The van der Waals surface area contributed by atoms with Crippen LogP contribution in [0.1, 0.15) is 46.1 Å². The van der Waals surface area contributed by atoms with Crippen LogP contribution in [0.3, 0.4) is 0 Å². The zero-order chi connectivity index (χ0) is 23.2. The molecule has 0 bridgehead atoms. The number of pyridine rings is 1. The molecule has 1 aromatic rings. The predicted molar refractivity (Wildman–Crippen MR) is 110 cm³/mol. The van der Waals surface area contributed by atoms with Crippen molar-refractivity contribution < 1.29 is 32.6 Å². The number of amides is 1. The molecule has 7 nitrogen and oxygen atoms in total. The summed E-state index contributed by atoms with van der Waals surface area (Å²) in [7, 11) is 0. The SMILES string of the molecule is C[C@H]1CN(C(=O)OCCCOCC(=O)OC(C)(C)C)CC[C@]1(F)c1cc(Cl)cnc1F. The van der Waals surface area contributed by atoms with Gasteiger partial charge in [-0.2, -0.15) is 4.39 Å². The zero-order valence-electron chi connectivity index (χ0n) is 18.3. The van der Waals surface area contributed by atoms with Gasteiger partial charge >= 0.3 is 12.1 Å². The Morgan fingerprint density at radius 1 is 1.35 bits per heavy atom. The van der Waals surface area contributed by atoms with E-state index in [0.29, 0.717) is 6.42 Å². The monoisotopic (exact) mass is 462 g/mol. The van der Waals surface area contributed by atoms with Crippen molar-refractivity contribution in [1.29, 1.82) is 0 Å². The van der Waals surface area contributed by atoms with Crippen molar-refractivity contribution in [3.63, 3.8) is 0 Å². The molecule has 31 heavy (non-hydrogen) atoms. The van der Waals surface area contributed by atoms with E-state index < -0.39 is 35.2 Å². The quantitative estimate of drug-likeness (QED) is 0.342. The molecule has 0 radical (unpaired) electrons. The van der Waals surface area contributed by atoms with Gasteiger partial charge in [-0.25, -0.2) is 19.0 Å². The van der Waals surface area contributed by atoms with Crippen molar-refractivity contribution in [3.05, 3.63) is 28.8 Å². The van der Waals surface area contributed by atoms with Crippen LogP contribution in [0.2, 0.25) is 5.02 Å². The highest BCUT2D eigenvalue weighted by atomic mass is 35.5. The van der Waals surface area contributed by atoms with E-state index in [-0.39, 0.29) is 49.9 Å². The highest BCUT2D eigenvalue weighted by Crippen LogP contribution is 2.42. The molecule has 0 saturated carbocycles. The fourth-order valence-corrected chi connectivity index (χ4v) is 3.49. The maximum absolute atomic E-state index is 15.6. The minimum Gasteiger partial charge on any atom is -0.458 e. The van der Waals surface area contributed by atoms with E-state index >= 15 is 4.39 Å². The van der Waals surface area contributed by atoms with E-state index in [2.05, 4.69) is 4.98 Å². The first kappa shape index (κ1) is 25.3. The van der Waals surface area contributed by atoms with E-state index in [9.17, 15) is 14.0 Å². The number of carbonyl (C=O) groups is 2. The summed E-state index contributed by atoms with van der Waals surface area (Å²) in [5.41, 5.74) is -2.75. The van der Waals surface area contributed by atoms with Crippen LogP contribution in [-0.4, -0.2) is 60.5 Å². The maximum atomic E-state index is 15.6. The second-order valence-electron chi connectivity index (χ2n) is 8.56. The van der Waals surface area contributed by atoms with Crippen LogP contribution in [0.4, 0.5) is 13.6 Å². The fourth-order valence-electron chi connectivity index (χ4n) is 3.33. The van der Waals surface area contributed by atoms with Gasteiger partial charge in [0.05, 0.1) is 18.2 Å². The van der Waals surface area contributed by atoms with Crippen molar-refractivity contribution in [3.8, 4) is 0 Å². The Kier molecular flexibility index (Phi) is 8.59. The number of likely N-dealkylation sites (tertiary alicyclic amines) is 1. The van der Waals surface area contributed by atoms with Crippen molar-refractivity contribution >= 4 is 23.7 Å². The van der Waals surface area contributed by atoms with E-state index in [1.807, 2.05) is 0 Å². The molecule has 1 fully saturated rings. The number of rotatable bonds is 7. The summed E-state index contributed by atoms with van der Waals surface area (Å²) in [5, 5.41) is 0.149. The van der Waals surface area contributed by atoms with Crippen LogP contribution in [0, 0.1) is 11.9 Å². The number of aromatic nitrogens is 1. The second-order valence-corrected chi connectivity index (χ2v) is 8.99. The molecule has 0 aromatic carbocycles. The van der Waals surface area contributed by atoms with Crippen LogP contribution in [-0.2, 0) is 24.7 Å². The van der Waals surface area contributed by atoms with Gasteiger partial charge in [-0.05, 0) is 26.8 Å². The van der Waals surface area contributed by atoms with Crippen LogP contribution in [0.5, 0.6) is 0 Å². The molecule has 174 valence electrons. The lowest BCUT2D eigenvalue weighted by molar-refractivity contribution is -0.160. The molecule has 1 aromatic heterocycles. The normalized spacial score (nSPS) is 21.6. The molecule has 1 amide bonds. The Morgan fingerprint density at radius 2 is 2.06 bits per heavy atom. The summed E-state index contributed by atoms with van der Waals surface area (Å²) in [6, 6.07) is 1.24. The number of hydrogen-bond acceptors (Lipinski definition) is 6. The topological polar surface area (TPSA) is 78.0 Å². The Balaban J connectivity index is 1.74. The summed E-state index contributed by atoms with van der Waals surface area (Å²) >= 11 is 5.85. The molecule has 0 unspecified atom stereocenters. The summed E-state index contributed by atoms with van der Waals surface area (Å²) in [4.78, 5) is 28.7. The number of nitrogens with zero attached hydrogens (tertiary/aromatic N) is 2. The van der Waals surface area contributed by atoms with Crippen molar-refractivity contribution in [2.45, 2.75) is 51.8 Å². The van der Waals surface area contributed by atoms with E-state index in [1.54, 1.807) is 27.7 Å². The number of alkyl halides is 1. The first-order valence-electron chi connectivity index (χ1n) is 10.1. The standard InChI is InChI=1S/C21H29ClF2N2O5/c1-14-12-26(7-6-21(14,24)16-10-15(22)11-25-18(16)23)19(28)30-9-5-8-29-13-17(27)31-20(2,3)4/h10-11,14H,5-9,12-13H2,1-4H3/t14-,21+/m0/s1. The molecule has 1 aliphatic heterocycles. The van der Waals surface area contributed by atoms with Gasteiger partial charge in [-0.15, -0.1) is 0 Å². The van der Waals surface area contributed by atoms with Gasteiger partial charge in [0.15, 0.2) is 0 Å². The molecule has 1 aliphatic rings. The van der Waals surface area contributed by atoms with Crippen molar-refractivity contribution in [2.24, 2.45) is 5.92 Å². The van der Waals surface area contributed by atoms with E-state index in [4.69, 9.17) is 25.8 Å². The lowest BCUT2D eigenvalue weighted by Gasteiger charge is -2.41. The Labute approximate surface area is 186 Å². The van der Waals surface area contributed by atoms with Gasteiger partial charge in [0.2, 0.25) is 5.95 Å². The van der Waals surface area contributed by atoms with Gasteiger partial charge in [0.1, 0.15) is 17.9 Å². The molecule has 0 aliphatic carbocycles. The molecule has 2 rings (SSSR count). The Morgan fingerprint density at radius 3 is 2.71 bits per heavy atom. The molecular formula is C21H29ClF2N2O5. The number of piperidine rings is 1. The first-order chi connectivity index (χ1) is 14.4. The summed E-state index contributed by atoms with van der Waals surface area (Å²) in [6.07, 6.45) is 0.842. The van der Waals surface area contributed by atoms with E-state index in [0.717, 1.165) is 6.20 Å². The third-order valence-electron chi connectivity index (χ3n) is 4.83. The lowest BCUT2D eigenvalue weighted by Crippen LogP contribution is -2.49. The molecule has 10 heteroatoms. The Hall–Kier alpha value is -2.00. The highest BCUT2D eigenvalue weighted by molar-refractivity contribution is 6.30. The molecular weight excluding hydrogens is 434 g/mol.